The predicted molar refractivity (Wildman–Crippen MR) is 86.1 cm³/mol. The first-order chi connectivity index (χ1) is 10.0. The third-order valence-corrected chi connectivity index (χ3v) is 6.83. The molecule has 3 fully saturated rings. The molecule has 3 rings (SSSR count). The van der Waals surface area contributed by atoms with E-state index in [0.717, 1.165) is 24.2 Å². The third kappa shape index (κ3) is 2.91. The molecular weight excluding hydrogens is 260 g/mol. The van der Waals surface area contributed by atoms with Gasteiger partial charge in [-0.25, -0.2) is 0 Å². The average Bonchev–Trinajstić information content (AvgIpc) is 2.47. The van der Waals surface area contributed by atoms with E-state index in [2.05, 4.69) is 20.8 Å². The smallest absolute Gasteiger partial charge is 0.0684 e. The van der Waals surface area contributed by atoms with E-state index in [0.29, 0.717) is 12.2 Å². The minimum atomic E-state index is -0.0960. The van der Waals surface area contributed by atoms with E-state index < -0.39 is 0 Å². The lowest BCUT2D eigenvalue weighted by Crippen LogP contribution is -2.60. The monoisotopic (exact) mass is 294 g/mol. The first kappa shape index (κ1) is 15.8. The van der Waals surface area contributed by atoms with E-state index in [1.165, 1.54) is 51.4 Å². The first-order valence-corrected chi connectivity index (χ1v) is 9.36. The van der Waals surface area contributed by atoms with Gasteiger partial charge in [0.2, 0.25) is 0 Å². The minimum absolute atomic E-state index is 0.0960. The van der Waals surface area contributed by atoms with Crippen LogP contribution in [0.1, 0.15) is 78.6 Å². The molecule has 3 aliphatic rings. The molecule has 0 amide bonds. The van der Waals surface area contributed by atoms with Crippen LogP contribution in [0.25, 0.3) is 0 Å². The van der Waals surface area contributed by atoms with Crippen LogP contribution >= 0.6 is 0 Å². The summed E-state index contributed by atoms with van der Waals surface area (Å²) >= 11 is 0. The number of aliphatic hydroxyl groups is 1. The number of ether oxygens (including phenoxy) is 1. The predicted octanol–water partition coefficient (Wildman–Crippen LogP) is 4.55. The van der Waals surface area contributed by atoms with E-state index in [4.69, 9.17) is 4.74 Å². The summed E-state index contributed by atoms with van der Waals surface area (Å²) in [7, 11) is 0. The van der Waals surface area contributed by atoms with Crippen LogP contribution in [0.3, 0.4) is 0 Å². The van der Waals surface area contributed by atoms with Crippen LogP contribution in [0.5, 0.6) is 0 Å². The number of hydrogen-bond donors (Lipinski definition) is 1. The van der Waals surface area contributed by atoms with Gasteiger partial charge in [0.05, 0.1) is 18.3 Å². The highest BCUT2D eigenvalue weighted by Gasteiger charge is 2.56. The highest BCUT2D eigenvalue weighted by Crippen LogP contribution is 2.54. The molecule has 0 aliphatic heterocycles. The maximum atomic E-state index is 10.4. The molecule has 0 radical (unpaired) electrons. The highest BCUT2D eigenvalue weighted by molar-refractivity contribution is 5.06. The summed E-state index contributed by atoms with van der Waals surface area (Å²) in [6.07, 6.45) is 11.8. The van der Waals surface area contributed by atoms with Crippen molar-refractivity contribution in [1.29, 1.82) is 0 Å². The molecule has 0 aromatic heterocycles. The molecule has 5 unspecified atom stereocenters. The van der Waals surface area contributed by atoms with Gasteiger partial charge < -0.3 is 9.84 Å². The van der Waals surface area contributed by atoms with Crippen LogP contribution in [0.4, 0.5) is 0 Å². The number of rotatable bonds is 3. The molecule has 0 saturated heterocycles. The summed E-state index contributed by atoms with van der Waals surface area (Å²) < 4.78 is 6.68. The molecule has 1 N–H and O–H groups in total. The third-order valence-electron chi connectivity index (χ3n) is 6.83. The van der Waals surface area contributed by atoms with Gasteiger partial charge in [0.15, 0.2) is 0 Å². The van der Waals surface area contributed by atoms with Crippen LogP contribution in [0, 0.1) is 23.2 Å². The van der Waals surface area contributed by atoms with Crippen LogP contribution in [-0.2, 0) is 4.74 Å². The van der Waals surface area contributed by atoms with Crippen LogP contribution in [-0.4, -0.2) is 23.4 Å². The SMILES string of the molecule is CC1CCC(C(C)C)C(OC2CC(O)C23CCCCC3)C1. The van der Waals surface area contributed by atoms with Gasteiger partial charge in [-0.05, 0) is 43.4 Å². The Morgan fingerprint density at radius 3 is 2.38 bits per heavy atom. The standard InChI is InChI=1S/C19H34O2/c1-13(2)15-8-7-14(3)11-16(15)21-18-12-17(20)19(18)9-5-4-6-10-19/h13-18,20H,4-12H2,1-3H3. The van der Waals surface area contributed by atoms with E-state index >= 15 is 0 Å². The van der Waals surface area contributed by atoms with Gasteiger partial charge in [0, 0.05) is 11.8 Å². The van der Waals surface area contributed by atoms with E-state index in [1.54, 1.807) is 0 Å². The van der Waals surface area contributed by atoms with Crippen molar-refractivity contribution in [3.8, 4) is 0 Å². The summed E-state index contributed by atoms with van der Waals surface area (Å²) in [4.78, 5) is 0. The Balaban J connectivity index is 1.66. The molecular formula is C19H34O2. The molecule has 2 nitrogen and oxygen atoms in total. The lowest BCUT2D eigenvalue weighted by molar-refractivity contribution is -0.236. The molecule has 0 aromatic carbocycles. The van der Waals surface area contributed by atoms with Crippen molar-refractivity contribution in [3.63, 3.8) is 0 Å². The van der Waals surface area contributed by atoms with Crippen molar-refractivity contribution in [3.05, 3.63) is 0 Å². The fourth-order valence-electron chi connectivity index (χ4n) is 5.26. The molecule has 1 spiro atoms. The zero-order chi connectivity index (χ0) is 15.0. The van der Waals surface area contributed by atoms with Gasteiger partial charge in [-0.1, -0.05) is 46.5 Å². The van der Waals surface area contributed by atoms with Gasteiger partial charge in [-0.15, -0.1) is 0 Å². The fourth-order valence-corrected chi connectivity index (χ4v) is 5.26. The Morgan fingerprint density at radius 1 is 1.05 bits per heavy atom. The summed E-state index contributed by atoms with van der Waals surface area (Å²) in [6, 6.07) is 0. The Kier molecular flexibility index (Phi) is 4.66. The minimum Gasteiger partial charge on any atom is -0.392 e. The Bertz CT molecular complexity index is 345. The molecule has 3 saturated carbocycles. The summed E-state index contributed by atoms with van der Waals surface area (Å²) in [5, 5.41) is 10.4. The summed E-state index contributed by atoms with van der Waals surface area (Å²) in [6.45, 7) is 7.07. The molecule has 21 heavy (non-hydrogen) atoms. The quantitative estimate of drug-likeness (QED) is 0.827. The Hall–Kier alpha value is -0.0800. The molecule has 122 valence electrons. The molecule has 2 heteroatoms. The zero-order valence-electron chi connectivity index (χ0n) is 14.2. The molecule has 0 heterocycles. The van der Waals surface area contributed by atoms with E-state index in [9.17, 15) is 5.11 Å². The second kappa shape index (κ2) is 6.20. The van der Waals surface area contributed by atoms with Crippen LogP contribution in [0.2, 0.25) is 0 Å². The van der Waals surface area contributed by atoms with Crippen LogP contribution in [0.15, 0.2) is 0 Å². The van der Waals surface area contributed by atoms with E-state index in [1.807, 2.05) is 0 Å². The van der Waals surface area contributed by atoms with Crippen molar-refractivity contribution < 1.29 is 9.84 Å². The normalized spacial score (nSPS) is 43.0. The van der Waals surface area contributed by atoms with E-state index in [-0.39, 0.29) is 11.5 Å². The average molecular weight is 294 g/mol. The first-order valence-electron chi connectivity index (χ1n) is 9.36. The van der Waals surface area contributed by atoms with Gasteiger partial charge in [0.25, 0.3) is 0 Å². The maximum absolute atomic E-state index is 10.4. The second-order valence-corrected chi connectivity index (χ2v) is 8.53. The number of aliphatic hydroxyl groups excluding tert-OH is 1. The molecule has 0 aromatic rings. The van der Waals surface area contributed by atoms with Crippen molar-refractivity contribution in [2.75, 3.05) is 0 Å². The lowest BCUT2D eigenvalue weighted by Gasteiger charge is -2.57. The van der Waals surface area contributed by atoms with Crippen LogP contribution < -0.4 is 0 Å². The van der Waals surface area contributed by atoms with Crippen molar-refractivity contribution in [2.45, 2.75) is 96.9 Å². The largest absolute Gasteiger partial charge is 0.392 e. The molecule has 0 bridgehead atoms. The topological polar surface area (TPSA) is 29.5 Å². The van der Waals surface area contributed by atoms with Gasteiger partial charge in [-0.2, -0.15) is 0 Å². The molecule has 3 aliphatic carbocycles. The Morgan fingerprint density at radius 2 is 1.76 bits per heavy atom. The lowest BCUT2D eigenvalue weighted by atomic mass is 9.56. The van der Waals surface area contributed by atoms with Gasteiger partial charge >= 0.3 is 0 Å². The van der Waals surface area contributed by atoms with Crippen molar-refractivity contribution in [1.82, 2.24) is 0 Å². The summed E-state index contributed by atoms with van der Waals surface area (Å²) in [5.74, 6) is 2.24. The second-order valence-electron chi connectivity index (χ2n) is 8.53. The highest BCUT2D eigenvalue weighted by atomic mass is 16.5. The van der Waals surface area contributed by atoms with Gasteiger partial charge in [-0.3, -0.25) is 0 Å². The zero-order valence-corrected chi connectivity index (χ0v) is 14.2. The Labute approximate surface area is 130 Å². The van der Waals surface area contributed by atoms with Crippen molar-refractivity contribution in [2.24, 2.45) is 23.2 Å². The number of hydrogen-bond acceptors (Lipinski definition) is 2. The van der Waals surface area contributed by atoms with Gasteiger partial charge in [0.1, 0.15) is 0 Å². The maximum Gasteiger partial charge on any atom is 0.0684 e. The summed E-state index contributed by atoms with van der Waals surface area (Å²) in [5.41, 5.74) is 0.125. The molecule has 5 atom stereocenters. The fraction of sp³-hybridized carbons (Fsp3) is 1.00. The van der Waals surface area contributed by atoms with Crippen molar-refractivity contribution >= 4 is 0 Å².